The first-order chi connectivity index (χ1) is 9.01. The molecule has 4 nitrogen and oxygen atoms in total. The maximum atomic E-state index is 9.37. The van der Waals surface area contributed by atoms with Gasteiger partial charge in [-0.25, -0.2) is 4.98 Å². The highest BCUT2D eigenvalue weighted by Crippen LogP contribution is 2.18. The molecule has 0 spiro atoms. The van der Waals surface area contributed by atoms with Crippen LogP contribution in [0.4, 0.5) is 5.82 Å². The molecule has 0 saturated heterocycles. The van der Waals surface area contributed by atoms with Crippen LogP contribution in [0.3, 0.4) is 0 Å². The third-order valence-corrected chi connectivity index (χ3v) is 3.27. The van der Waals surface area contributed by atoms with Crippen molar-refractivity contribution in [1.82, 2.24) is 9.88 Å². The number of aryl methyl sites for hydroxylation is 1. The van der Waals surface area contributed by atoms with Crippen LogP contribution in [0.5, 0.6) is 0 Å². The molecule has 108 valence electrons. The Morgan fingerprint density at radius 1 is 1.26 bits per heavy atom. The molecule has 1 heterocycles. The maximum Gasteiger partial charge on any atom is 0.129 e. The molecule has 0 aliphatic rings. The summed E-state index contributed by atoms with van der Waals surface area (Å²) in [6, 6.07) is 4.37. The number of aliphatic hydroxyl groups excluding tert-OH is 1. The molecule has 0 radical (unpaired) electrons. The number of hydrogen-bond acceptors (Lipinski definition) is 4. The van der Waals surface area contributed by atoms with Gasteiger partial charge in [0.15, 0.2) is 0 Å². The van der Waals surface area contributed by atoms with Gasteiger partial charge in [0, 0.05) is 24.8 Å². The van der Waals surface area contributed by atoms with Crippen LogP contribution in [0.15, 0.2) is 12.1 Å². The Morgan fingerprint density at radius 3 is 2.42 bits per heavy atom. The Labute approximate surface area is 117 Å². The third-order valence-electron chi connectivity index (χ3n) is 3.27. The number of pyridine rings is 1. The summed E-state index contributed by atoms with van der Waals surface area (Å²) in [5.74, 6) is 0.972. The number of likely N-dealkylation sites (N-methyl/N-ethyl adjacent to an activating group) is 2. The quantitative estimate of drug-likeness (QED) is 0.817. The first-order valence-corrected chi connectivity index (χ1v) is 7.03. The molecule has 1 N–H and O–H groups in total. The lowest BCUT2D eigenvalue weighted by molar-refractivity contribution is 0.281. The Hall–Kier alpha value is -1.13. The van der Waals surface area contributed by atoms with E-state index in [2.05, 4.69) is 44.7 Å². The minimum atomic E-state index is 0.0716. The van der Waals surface area contributed by atoms with Gasteiger partial charge >= 0.3 is 0 Å². The molecule has 1 atom stereocenters. The second-order valence-electron chi connectivity index (χ2n) is 5.23. The van der Waals surface area contributed by atoms with E-state index in [9.17, 15) is 5.11 Å². The van der Waals surface area contributed by atoms with E-state index in [0.717, 1.165) is 36.6 Å². The van der Waals surface area contributed by atoms with Crippen LogP contribution in [0.25, 0.3) is 0 Å². The standard InChI is InChI=1S/C15H27N3O/c1-6-14-8-13(11-19)9-15(16-14)18(7-2)12(3)10-17(4)5/h8-9,12,19H,6-7,10-11H2,1-5H3. The van der Waals surface area contributed by atoms with Gasteiger partial charge < -0.3 is 14.9 Å². The predicted molar refractivity (Wildman–Crippen MR) is 80.6 cm³/mol. The van der Waals surface area contributed by atoms with E-state index in [0.29, 0.717) is 6.04 Å². The zero-order valence-corrected chi connectivity index (χ0v) is 12.8. The summed E-state index contributed by atoms with van der Waals surface area (Å²) in [5, 5.41) is 9.37. The van der Waals surface area contributed by atoms with E-state index >= 15 is 0 Å². The Bertz CT molecular complexity index is 371. The molecule has 1 aromatic rings. The Kier molecular flexibility index (Phi) is 6.25. The number of rotatable bonds is 7. The van der Waals surface area contributed by atoms with Gasteiger partial charge in [0.05, 0.1) is 6.61 Å². The molecular formula is C15H27N3O. The lowest BCUT2D eigenvalue weighted by Crippen LogP contribution is -2.40. The van der Waals surface area contributed by atoms with Crippen molar-refractivity contribution in [2.24, 2.45) is 0 Å². The summed E-state index contributed by atoms with van der Waals surface area (Å²) in [6.45, 7) is 8.42. The molecule has 19 heavy (non-hydrogen) atoms. The highest BCUT2D eigenvalue weighted by atomic mass is 16.3. The smallest absolute Gasteiger partial charge is 0.129 e. The van der Waals surface area contributed by atoms with Crippen molar-refractivity contribution in [3.8, 4) is 0 Å². The lowest BCUT2D eigenvalue weighted by Gasteiger charge is -2.31. The molecule has 0 aliphatic heterocycles. The second kappa shape index (κ2) is 7.46. The molecule has 0 aromatic carbocycles. The summed E-state index contributed by atoms with van der Waals surface area (Å²) in [6.07, 6.45) is 0.889. The van der Waals surface area contributed by atoms with Crippen molar-refractivity contribution in [2.75, 3.05) is 32.1 Å². The summed E-state index contributed by atoms with van der Waals surface area (Å²) in [7, 11) is 4.17. The molecule has 4 heteroatoms. The maximum absolute atomic E-state index is 9.37. The highest BCUT2D eigenvalue weighted by Gasteiger charge is 2.16. The van der Waals surface area contributed by atoms with Gasteiger partial charge in [0.1, 0.15) is 5.82 Å². The topological polar surface area (TPSA) is 39.6 Å². The molecule has 0 bridgehead atoms. The van der Waals surface area contributed by atoms with E-state index in [1.54, 1.807) is 0 Å². The number of hydrogen-bond donors (Lipinski definition) is 1. The minimum absolute atomic E-state index is 0.0716. The van der Waals surface area contributed by atoms with Gasteiger partial charge in [0.2, 0.25) is 0 Å². The van der Waals surface area contributed by atoms with Crippen molar-refractivity contribution < 1.29 is 5.11 Å². The van der Waals surface area contributed by atoms with Crippen molar-refractivity contribution in [3.05, 3.63) is 23.4 Å². The molecule has 1 unspecified atom stereocenters. The SMILES string of the molecule is CCc1cc(CO)cc(N(CC)C(C)CN(C)C)n1. The second-order valence-corrected chi connectivity index (χ2v) is 5.23. The lowest BCUT2D eigenvalue weighted by atomic mass is 10.2. The van der Waals surface area contributed by atoms with Gasteiger partial charge in [-0.05, 0) is 52.1 Å². The van der Waals surface area contributed by atoms with Crippen molar-refractivity contribution in [3.63, 3.8) is 0 Å². The summed E-state index contributed by atoms with van der Waals surface area (Å²) in [4.78, 5) is 9.17. The zero-order chi connectivity index (χ0) is 14.4. The molecule has 0 saturated carbocycles. The van der Waals surface area contributed by atoms with Crippen LogP contribution >= 0.6 is 0 Å². The van der Waals surface area contributed by atoms with Crippen molar-refractivity contribution >= 4 is 5.82 Å². The summed E-state index contributed by atoms with van der Waals surface area (Å²) < 4.78 is 0. The van der Waals surface area contributed by atoms with Crippen LogP contribution in [-0.4, -0.2) is 48.2 Å². The highest BCUT2D eigenvalue weighted by molar-refractivity contribution is 5.43. The van der Waals surface area contributed by atoms with E-state index in [1.807, 2.05) is 12.1 Å². The van der Waals surface area contributed by atoms with E-state index < -0.39 is 0 Å². The average Bonchev–Trinajstić information content (AvgIpc) is 2.38. The van der Waals surface area contributed by atoms with Crippen LogP contribution in [0, 0.1) is 0 Å². The molecule has 1 rings (SSSR count). The normalized spacial score (nSPS) is 12.8. The van der Waals surface area contributed by atoms with E-state index in [-0.39, 0.29) is 6.61 Å². The van der Waals surface area contributed by atoms with Gasteiger partial charge in [-0.15, -0.1) is 0 Å². The number of nitrogens with zero attached hydrogens (tertiary/aromatic N) is 3. The Morgan fingerprint density at radius 2 is 1.95 bits per heavy atom. The first-order valence-electron chi connectivity index (χ1n) is 7.03. The van der Waals surface area contributed by atoms with Crippen LogP contribution in [0.2, 0.25) is 0 Å². The summed E-state index contributed by atoms with van der Waals surface area (Å²) >= 11 is 0. The number of aromatic nitrogens is 1. The van der Waals surface area contributed by atoms with Gasteiger partial charge in [0.25, 0.3) is 0 Å². The largest absolute Gasteiger partial charge is 0.392 e. The first kappa shape index (κ1) is 15.9. The van der Waals surface area contributed by atoms with Crippen molar-refractivity contribution in [1.29, 1.82) is 0 Å². The minimum Gasteiger partial charge on any atom is -0.392 e. The van der Waals surface area contributed by atoms with E-state index in [4.69, 9.17) is 4.98 Å². The third kappa shape index (κ3) is 4.48. The summed E-state index contributed by atoms with van der Waals surface area (Å²) in [5.41, 5.74) is 1.98. The molecule has 0 fully saturated rings. The predicted octanol–water partition coefficient (Wildman–Crippen LogP) is 1.91. The number of anilines is 1. The number of aliphatic hydroxyl groups is 1. The molecular weight excluding hydrogens is 238 g/mol. The molecule has 0 aliphatic carbocycles. The van der Waals surface area contributed by atoms with Crippen LogP contribution < -0.4 is 4.90 Å². The fourth-order valence-corrected chi connectivity index (χ4v) is 2.38. The molecule has 0 amide bonds. The zero-order valence-electron chi connectivity index (χ0n) is 12.8. The van der Waals surface area contributed by atoms with Crippen LogP contribution in [-0.2, 0) is 13.0 Å². The van der Waals surface area contributed by atoms with Gasteiger partial charge in [-0.1, -0.05) is 6.92 Å². The van der Waals surface area contributed by atoms with Crippen molar-refractivity contribution in [2.45, 2.75) is 39.8 Å². The fourth-order valence-electron chi connectivity index (χ4n) is 2.38. The van der Waals surface area contributed by atoms with Gasteiger partial charge in [-0.2, -0.15) is 0 Å². The van der Waals surface area contributed by atoms with Crippen LogP contribution in [0.1, 0.15) is 32.0 Å². The average molecular weight is 265 g/mol. The van der Waals surface area contributed by atoms with Gasteiger partial charge in [-0.3, -0.25) is 0 Å². The Balaban J connectivity index is 3.02. The fraction of sp³-hybridized carbons (Fsp3) is 0.667. The van der Waals surface area contributed by atoms with E-state index in [1.165, 1.54) is 0 Å². The molecule has 1 aromatic heterocycles. The monoisotopic (exact) mass is 265 g/mol.